The van der Waals surface area contributed by atoms with Gasteiger partial charge in [0.05, 0.1) is 29.1 Å². The number of aliphatic hydroxyl groups is 2. The predicted molar refractivity (Wildman–Crippen MR) is 143 cm³/mol. The van der Waals surface area contributed by atoms with E-state index >= 15 is 0 Å². The molecule has 0 fully saturated rings. The van der Waals surface area contributed by atoms with Crippen LogP contribution in [0.3, 0.4) is 0 Å². The van der Waals surface area contributed by atoms with Gasteiger partial charge in [0.15, 0.2) is 21.3 Å². The zero-order valence-electron chi connectivity index (χ0n) is 19.5. The quantitative estimate of drug-likeness (QED) is 0.224. The molecule has 0 aliphatic carbocycles. The third-order valence-corrected chi connectivity index (χ3v) is 8.98. The Morgan fingerprint density at radius 1 is 1.24 bits per heavy atom. The minimum Gasteiger partial charge on any atom is -0.504 e. The summed E-state index contributed by atoms with van der Waals surface area (Å²) >= 11 is 2.05. The highest BCUT2D eigenvalue weighted by atomic mass is 127. The Kier molecular flexibility index (Phi) is 8.83. The lowest BCUT2D eigenvalue weighted by molar-refractivity contribution is 0.189. The summed E-state index contributed by atoms with van der Waals surface area (Å²) in [4.78, 5) is 0. The molecule has 0 saturated carbocycles. The fraction of sp³-hybridized carbons (Fsp3) is 0.385. The minimum atomic E-state index is -3.52. The van der Waals surface area contributed by atoms with Gasteiger partial charge in [-0.05, 0) is 81.3 Å². The lowest BCUT2D eigenvalue weighted by Gasteiger charge is -2.21. The molecule has 0 aromatic heterocycles. The molecule has 3 rings (SSSR count). The topological polar surface area (TPSA) is 104 Å². The van der Waals surface area contributed by atoms with Crippen LogP contribution in [-0.2, 0) is 9.84 Å². The first-order valence-electron chi connectivity index (χ1n) is 11.1. The van der Waals surface area contributed by atoms with Gasteiger partial charge in [0.2, 0.25) is 0 Å². The summed E-state index contributed by atoms with van der Waals surface area (Å²) in [7, 11) is -2.02. The standard InChI is InChI=1S/C26H31IO6S/c1-16(2)20-15-34(31,32)24(14-28)25(20)22(29)10-9-19(18-7-5-4-6-8-18)11-17-12-21(27)26(30)23(13-17)33-3/h4-8,11-13,16,22,24,28-30H,9-10,14-15H2,1-3H3/b19-11-/t22-,24+/m1/s1. The highest BCUT2D eigenvalue weighted by Gasteiger charge is 2.41. The number of hydrogen-bond acceptors (Lipinski definition) is 6. The second-order valence-electron chi connectivity index (χ2n) is 8.76. The van der Waals surface area contributed by atoms with E-state index in [1.807, 2.05) is 78.9 Å². The van der Waals surface area contributed by atoms with Crippen molar-refractivity contribution in [1.29, 1.82) is 0 Å². The molecule has 0 saturated heterocycles. The van der Waals surface area contributed by atoms with E-state index in [4.69, 9.17) is 4.74 Å². The first kappa shape index (κ1) is 26.7. The van der Waals surface area contributed by atoms with Crippen LogP contribution >= 0.6 is 22.6 Å². The summed E-state index contributed by atoms with van der Waals surface area (Å²) < 4.78 is 31.1. The Morgan fingerprint density at radius 3 is 2.50 bits per heavy atom. The SMILES string of the molecule is COc1cc(/C=C(/CC[C@@H](O)C2=C(C(C)C)CS(=O)(=O)[C@H]2CO)c2ccccc2)cc(I)c1O. The molecule has 1 heterocycles. The van der Waals surface area contributed by atoms with Crippen LogP contribution in [0.4, 0.5) is 0 Å². The molecule has 8 heteroatoms. The average Bonchev–Trinajstić information content (AvgIpc) is 3.09. The number of aromatic hydroxyl groups is 1. The first-order chi connectivity index (χ1) is 16.1. The molecule has 0 spiro atoms. The number of allylic oxidation sites excluding steroid dienone is 1. The maximum atomic E-state index is 12.6. The third-order valence-electron chi connectivity index (χ3n) is 6.17. The highest BCUT2D eigenvalue weighted by Crippen LogP contribution is 2.37. The zero-order valence-corrected chi connectivity index (χ0v) is 22.5. The van der Waals surface area contributed by atoms with Gasteiger partial charge in [0.25, 0.3) is 0 Å². The van der Waals surface area contributed by atoms with Crippen LogP contribution in [0, 0.1) is 9.49 Å². The number of rotatable bonds is 9. The number of phenols is 1. The van der Waals surface area contributed by atoms with Gasteiger partial charge < -0.3 is 20.1 Å². The number of ether oxygens (including phenoxy) is 1. The summed E-state index contributed by atoms with van der Waals surface area (Å²) in [5.41, 5.74) is 3.93. The number of methoxy groups -OCH3 is 1. The van der Waals surface area contributed by atoms with E-state index in [0.29, 0.717) is 33.3 Å². The Hall–Kier alpha value is -1.88. The largest absolute Gasteiger partial charge is 0.504 e. The van der Waals surface area contributed by atoms with Gasteiger partial charge >= 0.3 is 0 Å². The van der Waals surface area contributed by atoms with E-state index in [1.54, 1.807) is 6.07 Å². The van der Waals surface area contributed by atoms with Crippen LogP contribution in [0.2, 0.25) is 0 Å². The number of aliphatic hydroxyl groups excluding tert-OH is 2. The van der Waals surface area contributed by atoms with Gasteiger partial charge in [-0.15, -0.1) is 0 Å². The summed E-state index contributed by atoms with van der Waals surface area (Å²) in [6.45, 7) is 3.29. The Bertz CT molecular complexity index is 1190. The van der Waals surface area contributed by atoms with Gasteiger partial charge in [0, 0.05) is 0 Å². The fourth-order valence-electron chi connectivity index (χ4n) is 4.38. The van der Waals surface area contributed by atoms with Crippen molar-refractivity contribution in [1.82, 2.24) is 0 Å². The molecule has 1 aliphatic rings. The van der Waals surface area contributed by atoms with Crippen molar-refractivity contribution in [3.8, 4) is 11.5 Å². The van der Waals surface area contributed by atoms with Crippen molar-refractivity contribution in [3.05, 3.63) is 68.3 Å². The molecule has 34 heavy (non-hydrogen) atoms. The van der Waals surface area contributed by atoms with Gasteiger partial charge in [-0.3, -0.25) is 0 Å². The molecule has 3 N–H and O–H groups in total. The van der Waals surface area contributed by atoms with E-state index in [0.717, 1.165) is 16.7 Å². The minimum absolute atomic E-state index is 0.0355. The number of benzene rings is 2. The summed E-state index contributed by atoms with van der Waals surface area (Å²) in [6.07, 6.45) is 1.80. The van der Waals surface area contributed by atoms with E-state index in [-0.39, 0.29) is 17.4 Å². The Morgan fingerprint density at radius 2 is 1.91 bits per heavy atom. The van der Waals surface area contributed by atoms with Crippen molar-refractivity contribution in [2.45, 2.75) is 38.0 Å². The number of halogens is 1. The molecule has 0 unspecified atom stereocenters. The predicted octanol–water partition coefficient (Wildman–Crippen LogP) is 4.43. The molecule has 0 radical (unpaired) electrons. The molecule has 0 amide bonds. The lowest BCUT2D eigenvalue weighted by Crippen LogP contribution is -2.29. The molecule has 2 aromatic rings. The van der Waals surface area contributed by atoms with Gasteiger partial charge in [0.1, 0.15) is 5.25 Å². The van der Waals surface area contributed by atoms with Crippen LogP contribution < -0.4 is 4.74 Å². The maximum absolute atomic E-state index is 12.6. The van der Waals surface area contributed by atoms with E-state index < -0.39 is 27.8 Å². The second kappa shape index (κ2) is 11.2. The van der Waals surface area contributed by atoms with Gasteiger partial charge in [-0.25, -0.2) is 8.42 Å². The molecule has 6 nitrogen and oxygen atoms in total. The highest BCUT2D eigenvalue weighted by molar-refractivity contribution is 14.1. The number of hydrogen-bond donors (Lipinski definition) is 3. The molecular formula is C26H31IO6S. The number of sulfone groups is 1. The van der Waals surface area contributed by atoms with Crippen molar-refractivity contribution in [2.75, 3.05) is 19.5 Å². The molecular weight excluding hydrogens is 567 g/mol. The normalized spacial score (nSPS) is 19.0. The third kappa shape index (κ3) is 5.84. The fourth-order valence-corrected chi connectivity index (χ4v) is 7.06. The molecule has 0 bridgehead atoms. The summed E-state index contributed by atoms with van der Waals surface area (Å²) in [5.74, 6) is 0.309. The van der Waals surface area contributed by atoms with Crippen LogP contribution in [-0.4, -0.2) is 54.6 Å². The van der Waals surface area contributed by atoms with Crippen molar-refractivity contribution in [2.24, 2.45) is 5.92 Å². The zero-order chi connectivity index (χ0) is 25.0. The van der Waals surface area contributed by atoms with Gasteiger partial charge in [-0.1, -0.05) is 50.3 Å². The van der Waals surface area contributed by atoms with E-state index in [2.05, 4.69) is 0 Å². The molecule has 184 valence electrons. The maximum Gasteiger partial charge on any atom is 0.171 e. The van der Waals surface area contributed by atoms with Crippen molar-refractivity contribution < 1.29 is 28.5 Å². The van der Waals surface area contributed by atoms with Crippen LogP contribution in [0.15, 0.2) is 53.6 Å². The van der Waals surface area contributed by atoms with Gasteiger partial charge in [-0.2, -0.15) is 0 Å². The smallest absolute Gasteiger partial charge is 0.171 e. The molecule has 2 atom stereocenters. The van der Waals surface area contributed by atoms with Crippen molar-refractivity contribution in [3.63, 3.8) is 0 Å². The molecule has 1 aliphatic heterocycles. The van der Waals surface area contributed by atoms with Crippen LogP contribution in [0.5, 0.6) is 11.5 Å². The van der Waals surface area contributed by atoms with Crippen LogP contribution in [0.1, 0.15) is 37.8 Å². The van der Waals surface area contributed by atoms with Crippen LogP contribution in [0.25, 0.3) is 11.6 Å². The summed E-state index contributed by atoms with van der Waals surface area (Å²) in [5, 5.41) is 30.0. The van der Waals surface area contributed by atoms with Crippen molar-refractivity contribution >= 4 is 44.1 Å². The average molecular weight is 598 g/mol. The summed E-state index contributed by atoms with van der Waals surface area (Å²) in [6, 6.07) is 13.4. The molecule has 2 aromatic carbocycles. The lowest BCUT2D eigenvalue weighted by atomic mass is 9.89. The second-order valence-corrected chi connectivity index (χ2v) is 12.1. The monoisotopic (exact) mass is 598 g/mol. The Labute approximate surface area is 215 Å². The van der Waals surface area contributed by atoms with E-state index in [9.17, 15) is 23.7 Å². The number of phenolic OH excluding ortho intramolecular Hbond substituents is 1. The van der Waals surface area contributed by atoms with E-state index in [1.165, 1.54) is 7.11 Å². The first-order valence-corrected chi connectivity index (χ1v) is 13.9. The Balaban J connectivity index is 1.95.